The quantitative estimate of drug-likeness (QED) is 0.598. The molecule has 0 spiro atoms. The third-order valence-electron chi connectivity index (χ3n) is 2.32. The van der Waals surface area contributed by atoms with Crippen molar-refractivity contribution in [2.24, 2.45) is 0 Å². The third kappa shape index (κ3) is 2.64. The Morgan fingerprint density at radius 3 is 2.53 bits per heavy atom. The second-order valence-corrected chi connectivity index (χ2v) is 3.43. The summed E-state index contributed by atoms with van der Waals surface area (Å²) in [5.74, 6) is 0.238. The molecule has 0 amide bonds. The van der Waals surface area contributed by atoms with E-state index in [1.54, 1.807) is 24.5 Å². The number of hydrogen-bond donors (Lipinski definition) is 0. The summed E-state index contributed by atoms with van der Waals surface area (Å²) in [6.07, 6.45) is 3.23. The minimum atomic E-state index is -0.382. The smallest absolute Gasteiger partial charge is 0.338 e. The normalized spacial score (nSPS) is 11.2. The van der Waals surface area contributed by atoms with E-state index in [0.29, 0.717) is 11.3 Å². The first-order valence-corrected chi connectivity index (χ1v) is 5.20. The van der Waals surface area contributed by atoms with Gasteiger partial charge in [-0.25, -0.2) is 4.79 Å². The maximum absolute atomic E-state index is 11.7. The molecule has 3 nitrogen and oxygen atoms in total. The molecule has 0 saturated carbocycles. The first-order chi connectivity index (χ1) is 8.31. The lowest BCUT2D eigenvalue weighted by Gasteiger charge is -2.04. The van der Waals surface area contributed by atoms with Crippen molar-refractivity contribution in [3.63, 3.8) is 0 Å². The summed E-state index contributed by atoms with van der Waals surface area (Å²) in [6, 6.07) is 12.9. The minimum absolute atomic E-state index is 0.382. The van der Waals surface area contributed by atoms with E-state index in [4.69, 9.17) is 9.15 Å². The van der Waals surface area contributed by atoms with Crippen molar-refractivity contribution in [2.45, 2.75) is 0 Å². The number of furan rings is 1. The molecule has 86 valence electrons. The van der Waals surface area contributed by atoms with Crippen molar-refractivity contribution in [3.8, 4) is 0 Å². The van der Waals surface area contributed by atoms with Crippen LogP contribution in [0.15, 0.2) is 53.1 Å². The second-order valence-electron chi connectivity index (χ2n) is 3.43. The Labute approximate surface area is 99.3 Å². The summed E-state index contributed by atoms with van der Waals surface area (Å²) < 4.78 is 9.96. The van der Waals surface area contributed by atoms with Gasteiger partial charge in [0.15, 0.2) is 0 Å². The predicted molar refractivity (Wildman–Crippen MR) is 65.0 cm³/mol. The Bertz CT molecular complexity index is 510. The maximum Gasteiger partial charge on any atom is 0.338 e. The summed E-state index contributed by atoms with van der Waals surface area (Å²) in [6.45, 7) is 0. The first kappa shape index (κ1) is 11.2. The van der Waals surface area contributed by atoms with Crippen LogP contribution in [0.1, 0.15) is 11.3 Å². The number of ether oxygens (including phenoxy) is 1. The van der Waals surface area contributed by atoms with Crippen molar-refractivity contribution in [2.75, 3.05) is 7.11 Å². The molecule has 0 aliphatic carbocycles. The molecule has 0 bridgehead atoms. The van der Waals surface area contributed by atoms with Gasteiger partial charge >= 0.3 is 5.97 Å². The monoisotopic (exact) mass is 228 g/mol. The van der Waals surface area contributed by atoms with Crippen molar-refractivity contribution < 1.29 is 13.9 Å². The summed E-state index contributed by atoms with van der Waals surface area (Å²) in [4.78, 5) is 11.7. The number of carbonyl (C=O) groups is 1. The van der Waals surface area contributed by atoms with Gasteiger partial charge in [-0.2, -0.15) is 0 Å². The molecule has 2 rings (SSSR count). The van der Waals surface area contributed by atoms with Crippen LogP contribution in [0.2, 0.25) is 0 Å². The van der Waals surface area contributed by atoms with Crippen LogP contribution < -0.4 is 0 Å². The second kappa shape index (κ2) is 5.16. The first-order valence-electron chi connectivity index (χ1n) is 5.20. The predicted octanol–water partition coefficient (Wildman–Crippen LogP) is 2.99. The number of esters is 1. The van der Waals surface area contributed by atoms with E-state index in [1.165, 1.54) is 7.11 Å². The molecule has 0 saturated heterocycles. The van der Waals surface area contributed by atoms with Crippen LogP contribution in [0.3, 0.4) is 0 Å². The van der Waals surface area contributed by atoms with E-state index in [2.05, 4.69) is 0 Å². The molecule has 3 heteroatoms. The lowest BCUT2D eigenvalue weighted by molar-refractivity contribution is -0.133. The van der Waals surface area contributed by atoms with E-state index < -0.39 is 0 Å². The fourth-order valence-electron chi connectivity index (χ4n) is 1.50. The van der Waals surface area contributed by atoms with Gasteiger partial charge in [-0.15, -0.1) is 0 Å². The van der Waals surface area contributed by atoms with Gasteiger partial charge in [-0.05, 0) is 23.8 Å². The van der Waals surface area contributed by atoms with E-state index in [-0.39, 0.29) is 5.97 Å². The van der Waals surface area contributed by atoms with Gasteiger partial charge in [0.2, 0.25) is 0 Å². The highest BCUT2D eigenvalue weighted by Crippen LogP contribution is 2.19. The molecule has 0 aliphatic heterocycles. The molecule has 0 atom stereocenters. The highest BCUT2D eigenvalue weighted by atomic mass is 16.5. The van der Waals surface area contributed by atoms with Crippen LogP contribution in [0.25, 0.3) is 11.6 Å². The molecule has 1 aromatic heterocycles. The molecule has 1 heterocycles. The molecule has 2 aromatic rings. The summed E-state index contributed by atoms with van der Waals surface area (Å²) in [5.41, 5.74) is 1.28. The van der Waals surface area contributed by atoms with Crippen LogP contribution in [0.4, 0.5) is 0 Å². The lowest BCUT2D eigenvalue weighted by Crippen LogP contribution is -2.03. The zero-order valence-electron chi connectivity index (χ0n) is 9.42. The minimum Gasteiger partial charge on any atom is -0.465 e. The van der Waals surface area contributed by atoms with Gasteiger partial charge in [0, 0.05) is 0 Å². The molecular formula is C14H12O3. The molecule has 0 radical (unpaired) electrons. The highest BCUT2D eigenvalue weighted by Gasteiger charge is 2.12. The Hall–Kier alpha value is -2.29. The third-order valence-corrected chi connectivity index (χ3v) is 2.32. The van der Waals surface area contributed by atoms with Crippen molar-refractivity contribution in [1.82, 2.24) is 0 Å². The van der Waals surface area contributed by atoms with Gasteiger partial charge in [0.1, 0.15) is 5.76 Å². The van der Waals surface area contributed by atoms with Crippen LogP contribution in [-0.2, 0) is 9.53 Å². The van der Waals surface area contributed by atoms with E-state index >= 15 is 0 Å². The van der Waals surface area contributed by atoms with Gasteiger partial charge in [-0.3, -0.25) is 0 Å². The number of benzene rings is 1. The standard InChI is InChI=1S/C14H12O3/c1-16-14(15)13(10-12-8-5-9-17-12)11-6-3-2-4-7-11/h2-10H,1H3/b13-10-. The summed E-state index contributed by atoms with van der Waals surface area (Å²) in [5, 5.41) is 0. The largest absolute Gasteiger partial charge is 0.465 e. The molecule has 0 aliphatic rings. The lowest BCUT2D eigenvalue weighted by atomic mass is 10.1. The van der Waals surface area contributed by atoms with Crippen molar-refractivity contribution >= 4 is 17.6 Å². The topological polar surface area (TPSA) is 39.4 Å². The SMILES string of the molecule is COC(=O)/C(=C\c1ccco1)c1ccccc1. The molecule has 1 aromatic carbocycles. The van der Waals surface area contributed by atoms with Crippen LogP contribution in [0, 0.1) is 0 Å². The Kier molecular flexibility index (Phi) is 3.40. The van der Waals surface area contributed by atoms with Gasteiger partial charge in [0.25, 0.3) is 0 Å². The number of methoxy groups -OCH3 is 1. The molecule has 0 N–H and O–H groups in total. The molecule has 0 fully saturated rings. The summed E-state index contributed by atoms with van der Waals surface area (Å²) >= 11 is 0. The summed E-state index contributed by atoms with van der Waals surface area (Å²) in [7, 11) is 1.36. The average molecular weight is 228 g/mol. The van der Waals surface area contributed by atoms with E-state index in [0.717, 1.165) is 5.56 Å². The fraction of sp³-hybridized carbons (Fsp3) is 0.0714. The van der Waals surface area contributed by atoms with Gasteiger partial charge < -0.3 is 9.15 Å². The van der Waals surface area contributed by atoms with Crippen molar-refractivity contribution in [1.29, 1.82) is 0 Å². The van der Waals surface area contributed by atoms with Crippen LogP contribution in [-0.4, -0.2) is 13.1 Å². The van der Waals surface area contributed by atoms with E-state index in [9.17, 15) is 4.79 Å². The van der Waals surface area contributed by atoms with E-state index in [1.807, 2.05) is 30.3 Å². The molecule has 0 unspecified atom stereocenters. The Morgan fingerprint density at radius 1 is 1.18 bits per heavy atom. The maximum atomic E-state index is 11.7. The fourth-order valence-corrected chi connectivity index (χ4v) is 1.50. The highest BCUT2D eigenvalue weighted by molar-refractivity contribution is 6.21. The number of rotatable bonds is 3. The van der Waals surface area contributed by atoms with Gasteiger partial charge in [0.05, 0.1) is 18.9 Å². The zero-order chi connectivity index (χ0) is 12.1. The number of hydrogen-bond acceptors (Lipinski definition) is 3. The van der Waals surface area contributed by atoms with Crippen molar-refractivity contribution in [3.05, 3.63) is 60.1 Å². The molecular weight excluding hydrogens is 216 g/mol. The Morgan fingerprint density at radius 2 is 1.94 bits per heavy atom. The van der Waals surface area contributed by atoms with Crippen LogP contribution in [0.5, 0.6) is 0 Å². The van der Waals surface area contributed by atoms with Crippen LogP contribution >= 0.6 is 0 Å². The Balaban J connectivity index is 2.43. The average Bonchev–Trinajstić information content (AvgIpc) is 2.89. The number of carbonyl (C=O) groups excluding carboxylic acids is 1. The zero-order valence-corrected chi connectivity index (χ0v) is 9.42. The van der Waals surface area contributed by atoms with Gasteiger partial charge in [-0.1, -0.05) is 30.3 Å². The molecule has 17 heavy (non-hydrogen) atoms.